The van der Waals surface area contributed by atoms with Gasteiger partial charge in [0.2, 0.25) is 0 Å². The van der Waals surface area contributed by atoms with E-state index in [2.05, 4.69) is 19.9 Å². The van der Waals surface area contributed by atoms with E-state index < -0.39 is 5.69 Å². The molecule has 96 valence electrons. The highest BCUT2D eigenvalue weighted by atomic mass is 32.2. The second-order valence-corrected chi connectivity index (χ2v) is 4.41. The molecule has 3 rings (SSSR count). The van der Waals surface area contributed by atoms with Crippen LogP contribution in [0.5, 0.6) is 0 Å². The standard InChI is InChI=1S/C4H5N3O.C4H4N2.C3H6S/c5-3-1-2-6-4(8)7-3;1-2-5-4-6-3-1;1-2-4-3-1/h1-2H,(H3,5,6,7,8);1-4H;1-3H2. The summed E-state index contributed by atoms with van der Waals surface area (Å²) in [6, 6.07) is 3.29. The van der Waals surface area contributed by atoms with Crippen molar-refractivity contribution in [2.45, 2.75) is 6.42 Å². The number of nitrogens with one attached hydrogen (secondary N) is 1. The van der Waals surface area contributed by atoms with Crippen molar-refractivity contribution in [2.24, 2.45) is 0 Å². The molecule has 2 aromatic rings. The molecule has 0 amide bonds. The minimum atomic E-state index is -0.412. The summed E-state index contributed by atoms with van der Waals surface area (Å²) in [4.78, 5) is 23.3. The van der Waals surface area contributed by atoms with E-state index in [9.17, 15) is 4.79 Å². The van der Waals surface area contributed by atoms with Gasteiger partial charge < -0.3 is 10.7 Å². The van der Waals surface area contributed by atoms with Crippen molar-refractivity contribution in [2.75, 3.05) is 17.2 Å². The third kappa shape index (κ3) is 7.39. The Labute approximate surface area is 109 Å². The van der Waals surface area contributed by atoms with E-state index >= 15 is 0 Å². The molecule has 0 aliphatic carbocycles. The number of nitrogens with zero attached hydrogens (tertiary/aromatic N) is 3. The number of aromatic nitrogens is 4. The molecule has 0 spiro atoms. The lowest BCUT2D eigenvalue weighted by molar-refractivity contribution is 1.06. The summed E-state index contributed by atoms with van der Waals surface area (Å²) in [6.45, 7) is 0. The van der Waals surface area contributed by atoms with E-state index in [0.29, 0.717) is 0 Å². The number of thioether (sulfide) groups is 1. The fourth-order valence-corrected chi connectivity index (χ4v) is 1.07. The van der Waals surface area contributed by atoms with Crippen molar-refractivity contribution < 1.29 is 0 Å². The fourth-order valence-electron chi connectivity index (χ4n) is 0.783. The Balaban J connectivity index is 0.000000143. The van der Waals surface area contributed by atoms with E-state index in [1.165, 1.54) is 36.5 Å². The summed E-state index contributed by atoms with van der Waals surface area (Å²) >= 11 is 2.04. The highest BCUT2D eigenvalue weighted by Crippen LogP contribution is 2.14. The molecule has 1 fully saturated rings. The average molecular weight is 265 g/mol. The first kappa shape index (κ1) is 14.2. The quantitative estimate of drug-likeness (QED) is 0.736. The van der Waals surface area contributed by atoms with E-state index in [1.807, 2.05) is 11.8 Å². The number of rotatable bonds is 0. The van der Waals surface area contributed by atoms with Crippen molar-refractivity contribution in [3.63, 3.8) is 0 Å². The van der Waals surface area contributed by atoms with Crippen LogP contribution in [0.2, 0.25) is 0 Å². The number of nitrogens with two attached hydrogens (primary N) is 1. The van der Waals surface area contributed by atoms with Crippen LogP contribution in [0, 0.1) is 0 Å². The lowest BCUT2D eigenvalue weighted by Crippen LogP contribution is -2.10. The van der Waals surface area contributed by atoms with Crippen LogP contribution < -0.4 is 11.4 Å². The molecule has 2 aromatic heterocycles. The predicted molar refractivity (Wildman–Crippen MR) is 73.2 cm³/mol. The van der Waals surface area contributed by atoms with Gasteiger partial charge >= 0.3 is 5.69 Å². The molecule has 3 N–H and O–H groups in total. The number of anilines is 1. The Bertz CT molecular complexity index is 441. The van der Waals surface area contributed by atoms with Gasteiger partial charge in [-0.05, 0) is 30.1 Å². The van der Waals surface area contributed by atoms with Gasteiger partial charge in [0.15, 0.2) is 0 Å². The van der Waals surface area contributed by atoms with Crippen LogP contribution in [-0.4, -0.2) is 31.4 Å². The Morgan fingerprint density at radius 2 is 1.89 bits per heavy atom. The number of hydrogen-bond acceptors (Lipinski definition) is 6. The average Bonchev–Trinajstić information content (AvgIpc) is 2.29. The number of aromatic amines is 1. The highest BCUT2D eigenvalue weighted by molar-refractivity contribution is 8.00. The molecule has 18 heavy (non-hydrogen) atoms. The molecule has 0 aromatic carbocycles. The first-order chi connectivity index (χ1) is 8.79. The van der Waals surface area contributed by atoms with Gasteiger partial charge in [0.25, 0.3) is 0 Å². The molecular weight excluding hydrogens is 250 g/mol. The van der Waals surface area contributed by atoms with Gasteiger partial charge in [0.05, 0.1) is 0 Å². The van der Waals surface area contributed by atoms with Crippen LogP contribution in [0.4, 0.5) is 5.82 Å². The third-order valence-electron chi connectivity index (χ3n) is 1.75. The van der Waals surface area contributed by atoms with Crippen LogP contribution in [0.25, 0.3) is 0 Å². The van der Waals surface area contributed by atoms with Gasteiger partial charge in [-0.1, -0.05) is 0 Å². The normalized spacial score (nSPS) is 12.0. The van der Waals surface area contributed by atoms with Gasteiger partial charge in [-0.3, -0.25) is 0 Å². The van der Waals surface area contributed by atoms with E-state index in [4.69, 9.17) is 5.73 Å². The molecule has 0 saturated carbocycles. The Hall–Kier alpha value is -1.89. The van der Waals surface area contributed by atoms with E-state index in [-0.39, 0.29) is 5.82 Å². The molecule has 1 saturated heterocycles. The largest absolute Gasteiger partial charge is 0.383 e. The molecule has 0 atom stereocenters. The van der Waals surface area contributed by atoms with Crippen LogP contribution in [0.3, 0.4) is 0 Å². The van der Waals surface area contributed by atoms with Gasteiger partial charge in [-0.2, -0.15) is 16.7 Å². The van der Waals surface area contributed by atoms with Gasteiger partial charge in [-0.15, -0.1) is 0 Å². The minimum absolute atomic E-state index is 0.244. The van der Waals surface area contributed by atoms with Crippen molar-refractivity contribution in [1.29, 1.82) is 0 Å². The Kier molecular flexibility index (Phi) is 7.22. The molecule has 3 heterocycles. The number of nitrogen functional groups attached to an aromatic ring is 1. The second kappa shape index (κ2) is 9.17. The zero-order valence-electron chi connectivity index (χ0n) is 9.82. The molecule has 1 aliphatic heterocycles. The number of hydrogen-bond donors (Lipinski definition) is 2. The molecule has 0 radical (unpaired) electrons. The predicted octanol–water partition coefficient (Wildman–Crippen LogP) is 0.952. The van der Waals surface area contributed by atoms with Crippen LogP contribution in [-0.2, 0) is 0 Å². The van der Waals surface area contributed by atoms with Crippen LogP contribution in [0.15, 0.2) is 41.8 Å². The van der Waals surface area contributed by atoms with Crippen LogP contribution >= 0.6 is 11.8 Å². The molecule has 1 aliphatic rings. The van der Waals surface area contributed by atoms with Crippen molar-refractivity contribution in [1.82, 2.24) is 19.9 Å². The van der Waals surface area contributed by atoms with Gasteiger partial charge in [-0.25, -0.2) is 14.8 Å². The Morgan fingerprint density at radius 1 is 1.28 bits per heavy atom. The monoisotopic (exact) mass is 265 g/mol. The molecular formula is C11H15N5OS. The summed E-state index contributed by atoms with van der Waals surface area (Å²) in [5.41, 5.74) is 4.72. The first-order valence-corrected chi connectivity index (χ1v) is 6.53. The first-order valence-electron chi connectivity index (χ1n) is 5.38. The highest BCUT2D eigenvalue weighted by Gasteiger charge is 1.95. The number of H-pyrrole nitrogens is 1. The summed E-state index contributed by atoms with van der Waals surface area (Å²) in [5, 5.41) is 0. The molecule has 0 unspecified atom stereocenters. The lowest BCUT2D eigenvalue weighted by Gasteiger charge is -2.05. The topological polar surface area (TPSA) is 97.6 Å². The lowest BCUT2D eigenvalue weighted by atomic mass is 10.6. The maximum Gasteiger partial charge on any atom is 0.346 e. The SMILES string of the molecule is C1CSC1.Nc1cc[nH]c(=O)n1.c1cncnc1. The van der Waals surface area contributed by atoms with E-state index in [0.717, 1.165) is 0 Å². The third-order valence-corrected chi connectivity index (χ3v) is 2.90. The Morgan fingerprint density at radius 3 is 2.11 bits per heavy atom. The molecule has 7 heteroatoms. The smallest absolute Gasteiger partial charge is 0.346 e. The zero-order valence-corrected chi connectivity index (χ0v) is 10.6. The maximum absolute atomic E-state index is 10.2. The van der Waals surface area contributed by atoms with Crippen molar-refractivity contribution >= 4 is 17.6 Å². The fraction of sp³-hybridized carbons (Fsp3) is 0.273. The minimum Gasteiger partial charge on any atom is -0.383 e. The van der Waals surface area contributed by atoms with Crippen molar-refractivity contribution in [3.05, 3.63) is 47.5 Å². The van der Waals surface area contributed by atoms with Gasteiger partial charge in [0.1, 0.15) is 12.1 Å². The summed E-state index contributed by atoms with van der Waals surface area (Å²) in [6.07, 6.45) is 7.79. The molecule has 0 bridgehead atoms. The second-order valence-electron chi connectivity index (χ2n) is 3.19. The maximum atomic E-state index is 10.2. The van der Waals surface area contributed by atoms with Crippen molar-refractivity contribution in [3.8, 4) is 0 Å². The van der Waals surface area contributed by atoms with Gasteiger partial charge in [0, 0.05) is 18.6 Å². The van der Waals surface area contributed by atoms with Crippen LogP contribution in [0.1, 0.15) is 6.42 Å². The summed E-state index contributed by atoms with van der Waals surface area (Å²) < 4.78 is 0. The summed E-state index contributed by atoms with van der Waals surface area (Å²) in [7, 11) is 0. The zero-order chi connectivity index (χ0) is 13.1. The molecule has 6 nitrogen and oxygen atoms in total. The van der Waals surface area contributed by atoms with E-state index in [1.54, 1.807) is 18.5 Å². The summed E-state index contributed by atoms with van der Waals surface area (Å²) in [5.74, 6) is 3.08.